The molecule has 2 bridgehead atoms. The summed E-state index contributed by atoms with van der Waals surface area (Å²) in [6.07, 6.45) is 11.5. The number of nitrogens with zero attached hydrogens (tertiary/aromatic N) is 2. The van der Waals surface area contributed by atoms with Gasteiger partial charge in [0.1, 0.15) is 10.7 Å². The van der Waals surface area contributed by atoms with Crippen LogP contribution in [0.2, 0.25) is 0 Å². The van der Waals surface area contributed by atoms with Gasteiger partial charge < -0.3 is 5.32 Å². The zero-order valence-electron chi connectivity index (χ0n) is 11.2. The van der Waals surface area contributed by atoms with Crippen LogP contribution in [0.4, 0.5) is 0 Å². The lowest BCUT2D eigenvalue weighted by atomic mass is 9.93. The van der Waals surface area contributed by atoms with Crippen LogP contribution in [-0.2, 0) is 11.3 Å². The molecule has 1 aliphatic carbocycles. The van der Waals surface area contributed by atoms with Crippen molar-refractivity contribution in [3.8, 4) is 0 Å². The van der Waals surface area contributed by atoms with Crippen molar-refractivity contribution in [3.63, 3.8) is 0 Å². The van der Waals surface area contributed by atoms with Crippen LogP contribution in [0, 0.1) is 0 Å². The van der Waals surface area contributed by atoms with E-state index in [2.05, 4.69) is 27.6 Å². The number of aldehydes is 1. The first-order valence-corrected chi connectivity index (χ1v) is 7.63. The number of fused-ring (bicyclic) bond motifs is 2. The Bertz CT molecular complexity index is 627. The fraction of sp³-hybridized carbons (Fsp3) is 0.267. The van der Waals surface area contributed by atoms with E-state index < -0.39 is 0 Å². The van der Waals surface area contributed by atoms with Gasteiger partial charge in [0.25, 0.3) is 0 Å². The number of amidine groups is 1. The Morgan fingerprint density at radius 1 is 1.65 bits per heavy atom. The lowest BCUT2D eigenvalue weighted by molar-refractivity contribution is -0.104. The van der Waals surface area contributed by atoms with E-state index in [9.17, 15) is 4.79 Å². The van der Waals surface area contributed by atoms with E-state index in [1.54, 1.807) is 24.2 Å². The van der Waals surface area contributed by atoms with E-state index in [0.29, 0.717) is 18.0 Å². The molecule has 0 saturated carbocycles. The van der Waals surface area contributed by atoms with Gasteiger partial charge in [0.15, 0.2) is 6.29 Å². The molecule has 0 fully saturated rings. The Labute approximate surface area is 123 Å². The van der Waals surface area contributed by atoms with E-state index in [-0.39, 0.29) is 6.30 Å². The van der Waals surface area contributed by atoms with Crippen molar-refractivity contribution in [1.82, 2.24) is 10.3 Å². The van der Waals surface area contributed by atoms with Crippen LogP contribution in [0.15, 0.2) is 52.8 Å². The highest BCUT2D eigenvalue weighted by Gasteiger charge is 2.39. The Kier molecular flexibility index (Phi) is 3.44. The third-order valence-electron chi connectivity index (χ3n) is 3.46. The molecular weight excluding hydrogens is 270 g/mol. The second-order valence-electron chi connectivity index (χ2n) is 4.86. The minimum atomic E-state index is -0.107. The second-order valence-corrected chi connectivity index (χ2v) is 6.00. The van der Waals surface area contributed by atoms with Crippen LogP contribution in [0.1, 0.15) is 13.4 Å². The maximum atomic E-state index is 11.3. The van der Waals surface area contributed by atoms with Gasteiger partial charge in [-0.05, 0) is 35.6 Å². The number of pyridine rings is 1. The molecule has 104 valence electrons. The van der Waals surface area contributed by atoms with Crippen molar-refractivity contribution in [3.05, 3.63) is 53.4 Å². The molecule has 0 aromatic carbocycles. The number of nitrogens with one attached hydrogen (secondary N) is 1. The predicted octanol–water partition coefficient (Wildman–Crippen LogP) is 2.34. The van der Waals surface area contributed by atoms with Crippen molar-refractivity contribution in [2.75, 3.05) is 6.26 Å². The molecule has 1 aromatic rings. The van der Waals surface area contributed by atoms with Gasteiger partial charge in [-0.25, -0.2) is 0 Å². The highest BCUT2D eigenvalue weighted by atomic mass is 32.2. The number of hydrogen-bond donors (Lipinski definition) is 1. The monoisotopic (exact) mass is 287 g/mol. The van der Waals surface area contributed by atoms with Crippen LogP contribution in [-0.4, -0.2) is 28.2 Å². The van der Waals surface area contributed by atoms with Gasteiger partial charge in [-0.1, -0.05) is 6.07 Å². The topological polar surface area (TPSA) is 54.4 Å². The molecule has 3 aliphatic rings. The molecule has 20 heavy (non-hydrogen) atoms. The van der Waals surface area contributed by atoms with Gasteiger partial charge in [-0.2, -0.15) is 0 Å². The summed E-state index contributed by atoms with van der Waals surface area (Å²) in [6, 6.07) is 3.86. The molecule has 2 aliphatic heterocycles. The first kappa shape index (κ1) is 13.1. The Balaban J connectivity index is 0.00000161. The SMILES string of the molecule is CSC12C=C(C=C(C=O)C(=NCc3cccnc3)N1)C2.[HH]. The molecule has 3 heterocycles. The Hall–Kier alpha value is -1.88. The standard InChI is InChI=1S/C15H15N3OS.H2/c1-20-15-6-12(7-15)5-13(10-19)14(18-15)17-9-11-3-2-4-16-8-11;/h2-6,8,10H,7,9H2,1H3,(H,17,18);1H. The molecule has 1 unspecified atom stereocenters. The summed E-state index contributed by atoms with van der Waals surface area (Å²) in [5.41, 5.74) is 2.84. The molecular formula is C15H17N3OS. The van der Waals surface area contributed by atoms with Gasteiger partial charge in [0.05, 0.1) is 12.1 Å². The molecule has 0 spiro atoms. The number of rotatable bonds is 4. The molecule has 0 radical (unpaired) electrons. The van der Waals surface area contributed by atoms with Crippen molar-refractivity contribution < 1.29 is 6.22 Å². The normalized spacial score (nSPS) is 25.9. The average molecular weight is 287 g/mol. The fourth-order valence-electron chi connectivity index (χ4n) is 2.35. The third kappa shape index (κ3) is 2.41. The summed E-state index contributed by atoms with van der Waals surface area (Å²) >= 11 is 1.74. The highest BCUT2D eigenvalue weighted by Crippen LogP contribution is 2.41. The van der Waals surface area contributed by atoms with E-state index >= 15 is 0 Å². The number of aliphatic imine (C=N–C) groups is 1. The average Bonchev–Trinajstić information content (AvgIpc) is 2.71. The number of hydrogen-bond acceptors (Lipinski definition) is 4. The maximum absolute atomic E-state index is 11.3. The van der Waals surface area contributed by atoms with Crippen molar-refractivity contribution >= 4 is 23.9 Å². The van der Waals surface area contributed by atoms with Crippen molar-refractivity contribution in [2.24, 2.45) is 4.99 Å². The van der Waals surface area contributed by atoms with Gasteiger partial charge in [-0.15, -0.1) is 11.8 Å². The molecule has 1 aromatic heterocycles. The Morgan fingerprint density at radius 2 is 2.50 bits per heavy atom. The van der Waals surface area contributed by atoms with Gasteiger partial charge in [0, 0.05) is 20.2 Å². The summed E-state index contributed by atoms with van der Waals surface area (Å²) < 4.78 is 0. The molecule has 4 nitrogen and oxygen atoms in total. The lowest BCUT2D eigenvalue weighted by Crippen LogP contribution is -2.47. The van der Waals surface area contributed by atoms with Crippen molar-refractivity contribution in [1.29, 1.82) is 0 Å². The van der Waals surface area contributed by atoms with Crippen LogP contribution < -0.4 is 5.32 Å². The number of aromatic nitrogens is 1. The molecule has 4 rings (SSSR count). The molecule has 0 saturated heterocycles. The van der Waals surface area contributed by atoms with Gasteiger partial charge in [-0.3, -0.25) is 14.8 Å². The van der Waals surface area contributed by atoms with E-state index in [1.807, 2.05) is 18.2 Å². The second kappa shape index (κ2) is 5.25. The zero-order chi connectivity index (χ0) is 14.0. The molecule has 5 heteroatoms. The lowest BCUT2D eigenvalue weighted by Gasteiger charge is -2.37. The van der Waals surface area contributed by atoms with Gasteiger partial charge >= 0.3 is 0 Å². The summed E-state index contributed by atoms with van der Waals surface area (Å²) in [5, 5.41) is 3.40. The largest absolute Gasteiger partial charge is 0.352 e. The molecule has 1 atom stereocenters. The number of carbonyl (C=O) groups is 1. The maximum Gasteiger partial charge on any atom is 0.153 e. The summed E-state index contributed by atoms with van der Waals surface area (Å²) in [6.45, 7) is 0.515. The van der Waals surface area contributed by atoms with Crippen LogP contribution >= 0.6 is 11.8 Å². The Morgan fingerprint density at radius 3 is 3.15 bits per heavy atom. The third-order valence-corrected chi connectivity index (χ3v) is 4.56. The minimum Gasteiger partial charge on any atom is -0.352 e. The van der Waals surface area contributed by atoms with E-state index in [1.165, 1.54) is 5.57 Å². The fourth-order valence-corrected chi connectivity index (χ4v) is 3.13. The quantitative estimate of drug-likeness (QED) is 0.864. The smallest absolute Gasteiger partial charge is 0.153 e. The molecule has 0 amide bonds. The predicted molar refractivity (Wildman–Crippen MR) is 83.7 cm³/mol. The van der Waals surface area contributed by atoms with E-state index in [0.717, 1.165) is 18.3 Å². The number of carbonyl (C=O) groups excluding carboxylic acids is 1. The zero-order valence-corrected chi connectivity index (χ0v) is 12.0. The highest BCUT2D eigenvalue weighted by molar-refractivity contribution is 8.00. The molecule has 1 N–H and O–H groups in total. The van der Waals surface area contributed by atoms with Crippen LogP contribution in [0.3, 0.4) is 0 Å². The summed E-state index contributed by atoms with van der Waals surface area (Å²) in [7, 11) is 0. The number of thioether (sulfide) groups is 1. The first-order valence-electron chi connectivity index (χ1n) is 6.40. The minimum absolute atomic E-state index is 0. The summed E-state index contributed by atoms with van der Waals surface area (Å²) in [5.74, 6) is 0.668. The first-order chi connectivity index (χ1) is 9.74. The van der Waals surface area contributed by atoms with Crippen LogP contribution in [0.5, 0.6) is 0 Å². The summed E-state index contributed by atoms with van der Waals surface area (Å²) in [4.78, 5) is 19.8. The number of allylic oxidation sites excluding steroid dienone is 1. The van der Waals surface area contributed by atoms with Gasteiger partial charge in [0.2, 0.25) is 0 Å². The van der Waals surface area contributed by atoms with Crippen molar-refractivity contribution in [2.45, 2.75) is 17.8 Å². The van der Waals surface area contributed by atoms with E-state index in [4.69, 9.17) is 0 Å². The van der Waals surface area contributed by atoms with Crippen LogP contribution in [0.25, 0.3) is 0 Å².